The number of rotatable bonds is 5. The first-order valence-electron chi connectivity index (χ1n) is 5.85. The van der Waals surface area contributed by atoms with E-state index in [0.29, 0.717) is 27.9 Å². The standard InChI is InChI=1S/C15H11ClF2OS/c16-13-7-5-12(6-8-13)14(19)11-3-1-10(2-4-11)9-20-15(17)18/h1-8,15H,9H2. The first kappa shape index (κ1) is 15.0. The first-order chi connectivity index (χ1) is 9.56. The molecular formula is C15H11ClF2OS. The van der Waals surface area contributed by atoms with Gasteiger partial charge in [-0.2, -0.15) is 8.78 Å². The lowest BCUT2D eigenvalue weighted by molar-refractivity contribution is 0.103. The van der Waals surface area contributed by atoms with Crippen molar-refractivity contribution >= 4 is 29.1 Å². The molecule has 5 heteroatoms. The number of benzene rings is 2. The highest BCUT2D eigenvalue weighted by molar-refractivity contribution is 7.98. The fourth-order valence-electron chi connectivity index (χ4n) is 1.68. The van der Waals surface area contributed by atoms with Crippen LogP contribution in [0.25, 0.3) is 0 Å². The molecule has 0 aliphatic rings. The summed E-state index contributed by atoms with van der Waals surface area (Å²) in [5.41, 5.74) is 1.84. The summed E-state index contributed by atoms with van der Waals surface area (Å²) in [4.78, 5) is 12.2. The molecular weight excluding hydrogens is 302 g/mol. The summed E-state index contributed by atoms with van der Waals surface area (Å²) in [6.07, 6.45) is 0. The average Bonchev–Trinajstić information content (AvgIpc) is 2.46. The van der Waals surface area contributed by atoms with E-state index in [4.69, 9.17) is 11.6 Å². The first-order valence-corrected chi connectivity index (χ1v) is 7.28. The van der Waals surface area contributed by atoms with Crippen molar-refractivity contribution in [3.63, 3.8) is 0 Å². The Hall–Kier alpha value is -1.39. The van der Waals surface area contributed by atoms with Crippen LogP contribution in [0.1, 0.15) is 21.5 Å². The number of hydrogen-bond acceptors (Lipinski definition) is 2. The van der Waals surface area contributed by atoms with Crippen molar-refractivity contribution in [2.24, 2.45) is 0 Å². The zero-order chi connectivity index (χ0) is 14.5. The number of ketones is 1. The molecule has 0 saturated carbocycles. The SMILES string of the molecule is O=C(c1ccc(Cl)cc1)c1ccc(CSC(F)F)cc1. The van der Waals surface area contributed by atoms with E-state index < -0.39 is 5.76 Å². The van der Waals surface area contributed by atoms with Crippen molar-refractivity contribution in [3.05, 3.63) is 70.2 Å². The van der Waals surface area contributed by atoms with Crippen molar-refractivity contribution in [3.8, 4) is 0 Å². The average molecular weight is 313 g/mol. The van der Waals surface area contributed by atoms with Gasteiger partial charge in [0.1, 0.15) is 0 Å². The molecule has 0 amide bonds. The van der Waals surface area contributed by atoms with Crippen molar-refractivity contribution in [1.29, 1.82) is 0 Å². The minimum Gasteiger partial charge on any atom is -0.289 e. The lowest BCUT2D eigenvalue weighted by atomic mass is 10.0. The van der Waals surface area contributed by atoms with Crippen LogP contribution < -0.4 is 0 Å². The second-order valence-electron chi connectivity index (χ2n) is 4.10. The van der Waals surface area contributed by atoms with Crippen molar-refractivity contribution in [2.75, 3.05) is 0 Å². The van der Waals surface area contributed by atoms with Crippen molar-refractivity contribution in [2.45, 2.75) is 11.5 Å². The van der Waals surface area contributed by atoms with Gasteiger partial charge in [-0.15, -0.1) is 0 Å². The Bertz CT molecular complexity index is 582. The van der Waals surface area contributed by atoms with E-state index in [1.165, 1.54) is 0 Å². The van der Waals surface area contributed by atoms with Gasteiger partial charge in [0.2, 0.25) is 0 Å². The Balaban J connectivity index is 2.09. The normalized spacial score (nSPS) is 10.8. The molecule has 0 bridgehead atoms. The van der Waals surface area contributed by atoms with E-state index in [1.54, 1.807) is 48.5 Å². The molecule has 0 aromatic heterocycles. The topological polar surface area (TPSA) is 17.1 Å². The van der Waals surface area contributed by atoms with Crippen LogP contribution in [0.15, 0.2) is 48.5 Å². The second-order valence-corrected chi connectivity index (χ2v) is 5.52. The van der Waals surface area contributed by atoms with Gasteiger partial charge in [-0.25, -0.2) is 0 Å². The van der Waals surface area contributed by atoms with Gasteiger partial charge in [0.05, 0.1) is 0 Å². The Labute approximate surface area is 125 Å². The Morgan fingerprint density at radius 1 is 1.00 bits per heavy atom. The third-order valence-corrected chi connectivity index (χ3v) is 3.70. The molecule has 104 valence electrons. The molecule has 0 atom stereocenters. The maximum atomic E-state index is 12.2. The van der Waals surface area contributed by atoms with Gasteiger partial charge in [0, 0.05) is 21.9 Å². The fourth-order valence-corrected chi connectivity index (χ4v) is 2.32. The molecule has 2 rings (SSSR count). The number of carbonyl (C=O) groups is 1. The Morgan fingerprint density at radius 3 is 2.00 bits per heavy atom. The monoisotopic (exact) mass is 312 g/mol. The molecule has 0 N–H and O–H groups in total. The van der Waals surface area contributed by atoms with Crippen LogP contribution in [0.2, 0.25) is 5.02 Å². The van der Waals surface area contributed by atoms with Gasteiger partial charge >= 0.3 is 0 Å². The Kier molecular flexibility index (Phi) is 5.15. The highest BCUT2D eigenvalue weighted by atomic mass is 35.5. The quantitative estimate of drug-likeness (QED) is 0.721. The minimum atomic E-state index is -2.38. The van der Waals surface area contributed by atoms with E-state index in [9.17, 15) is 13.6 Å². The molecule has 0 aliphatic carbocycles. The highest BCUT2D eigenvalue weighted by Gasteiger charge is 2.09. The predicted molar refractivity (Wildman–Crippen MR) is 78.6 cm³/mol. The summed E-state index contributed by atoms with van der Waals surface area (Å²) < 4.78 is 24.2. The molecule has 0 saturated heterocycles. The van der Waals surface area contributed by atoms with Crippen molar-refractivity contribution in [1.82, 2.24) is 0 Å². The van der Waals surface area contributed by atoms with E-state index in [1.807, 2.05) is 0 Å². The zero-order valence-corrected chi connectivity index (χ0v) is 11.9. The summed E-state index contributed by atoms with van der Waals surface area (Å²) in [6.45, 7) is 0. The van der Waals surface area contributed by atoms with Crippen LogP contribution in [0.5, 0.6) is 0 Å². The smallest absolute Gasteiger partial charge is 0.284 e. The summed E-state index contributed by atoms with van der Waals surface area (Å²) in [5, 5.41) is 0.570. The molecule has 0 aliphatic heterocycles. The molecule has 2 aromatic rings. The van der Waals surface area contributed by atoms with Crippen LogP contribution in [-0.4, -0.2) is 11.5 Å². The van der Waals surface area contributed by atoms with Gasteiger partial charge in [-0.1, -0.05) is 47.6 Å². The third kappa shape index (κ3) is 4.05. The van der Waals surface area contributed by atoms with Crippen molar-refractivity contribution < 1.29 is 13.6 Å². The van der Waals surface area contributed by atoms with Gasteiger partial charge in [0.15, 0.2) is 5.78 Å². The largest absolute Gasteiger partial charge is 0.289 e. The molecule has 0 spiro atoms. The van der Waals surface area contributed by atoms with Gasteiger partial charge < -0.3 is 0 Å². The summed E-state index contributed by atoms with van der Waals surface area (Å²) in [6, 6.07) is 13.3. The zero-order valence-electron chi connectivity index (χ0n) is 10.4. The lowest BCUT2D eigenvalue weighted by Gasteiger charge is -2.04. The van der Waals surface area contributed by atoms with E-state index in [0.717, 1.165) is 5.56 Å². The maximum Gasteiger partial charge on any atom is 0.284 e. The van der Waals surface area contributed by atoms with E-state index >= 15 is 0 Å². The van der Waals surface area contributed by atoms with Crippen LogP contribution >= 0.6 is 23.4 Å². The number of thioether (sulfide) groups is 1. The highest BCUT2D eigenvalue weighted by Crippen LogP contribution is 2.20. The van der Waals surface area contributed by atoms with Gasteiger partial charge in [0.25, 0.3) is 5.76 Å². The molecule has 0 fully saturated rings. The van der Waals surface area contributed by atoms with E-state index in [2.05, 4.69) is 0 Å². The molecule has 0 heterocycles. The summed E-state index contributed by atoms with van der Waals surface area (Å²) in [5.74, 6) is -2.27. The molecule has 0 unspecified atom stereocenters. The van der Waals surface area contributed by atoms with Crippen LogP contribution in [0.4, 0.5) is 8.78 Å². The minimum absolute atomic E-state index is 0.116. The van der Waals surface area contributed by atoms with Crippen LogP contribution in [0, 0.1) is 0 Å². The summed E-state index contributed by atoms with van der Waals surface area (Å²) >= 11 is 6.33. The molecule has 2 aromatic carbocycles. The summed E-state index contributed by atoms with van der Waals surface area (Å²) in [7, 11) is 0. The molecule has 1 nitrogen and oxygen atoms in total. The number of halogens is 3. The lowest BCUT2D eigenvalue weighted by Crippen LogP contribution is -2.01. The van der Waals surface area contributed by atoms with Crippen LogP contribution in [-0.2, 0) is 5.75 Å². The fraction of sp³-hybridized carbons (Fsp3) is 0.133. The predicted octanol–water partition coefficient (Wildman–Crippen LogP) is 5.03. The molecule has 0 radical (unpaired) electrons. The number of alkyl halides is 2. The number of carbonyl (C=O) groups excluding carboxylic acids is 1. The van der Waals surface area contributed by atoms with Gasteiger partial charge in [-0.3, -0.25) is 4.79 Å². The Morgan fingerprint density at radius 2 is 1.50 bits per heavy atom. The van der Waals surface area contributed by atoms with Gasteiger partial charge in [-0.05, 0) is 29.8 Å². The number of hydrogen-bond donors (Lipinski definition) is 0. The second kappa shape index (κ2) is 6.86. The van der Waals surface area contributed by atoms with E-state index in [-0.39, 0.29) is 11.5 Å². The maximum absolute atomic E-state index is 12.2. The third-order valence-electron chi connectivity index (χ3n) is 2.70. The van der Waals surface area contributed by atoms with Crippen LogP contribution in [0.3, 0.4) is 0 Å². The molecule has 20 heavy (non-hydrogen) atoms.